The van der Waals surface area contributed by atoms with Crippen LogP contribution in [-0.2, 0) is 27.7 Å². The van der Waals surface area contributed by atoms with Gasteiger partial charge in [-0.1, -0.05) is 24.6 Å². The van der Waals surface area contributed by atoms with Gasteiger partial charge in [0.05, 0.1) is 36.6 Å². The van der Waals surface area contributed by atoms with Gasteiger partial charge in [0.2, 0.25) is 0 Å². The second-order valence-corrected chi connectivity index (χ2v) is 10.3. The Balaban J connectivity index is 1.51. The second-order valence-electron chi connectivity index (χ2n) is 8.04. The lowest BCUT2D eigenvalue weighted by Crippen LogP contribution is -2.51. The molecule has 204 valence electrons. The van der Waals surface area contributed by atoms with Crippen molar-refractivity contribution in [3.05, 3.63) is 64.3 Å². The summed E-state index contributed by atoms with van der Waals surface area (Å²) in [5.41, 5.74) is -3.88. The van der Waals surface area contributed by atoms with Crippen LogP contribution in [0.2, 0.25) is 5.02 Å². The largest absolute Gasteiger partial charge is 0.516 e. The summed E-state index contributed by atoms with van der Waals surface area (Å²) in [5, 5.41) is 7.86. The number of halogens is 5. The van der Waals surface area contributed by atoms with Crippen molar-refractivity contribution in [2.45, 2.75) is 25.4 Å². The van der Waals surface area contributed by atoms with E-state index in [0.717, 1.165) is 18.2 Å². The minimum Gasteiger partial charge on any atom is -0.467 e. The first kappa shape index (κ1) is 27.4. The maximum atomic E-state index is 15.0. The number of nitrogens with one attached hydrogen (secondary N) is 1. The van der Waals surface area contributed by atoms with Crippen LogP contribution in [0.5, 0.6) is 0 Å². The molecule has 16 heteroatoms. The Labute approximate surface area is 219 Å². The van der Waals surface area contributed by atoms with Gasteiger partial charge in [-0.05, 0) is 36.2 Å². The molecule has 0 saturated heterocycles. The van der Waals surface area contributed by atoms with E-state index in [2.05, 4.69) is 15.4 Å². The van der Waals surface area contributed by atoms with E-state index in [0.29, 0.717) is 34.0 Å². The van der Waals surface area contributed by atoms with Gasteiger partial charge in [-0.2, -0.15) is 21.6 Å². The highest BCUT2D eigenvalue weighted by Gasteiger charge is 2.52. The number of methoxy groups -OCH3 is 1. The number of nitrogens with zero attached hydrogens (tertiary/aromatic N) is 5. The molecule has 0 aliphatic carbocycles. The highest BCUT2D eigenvalue weighted by Crippen LogP contribution is 2.30. The maximum absolute atomic E-state index is 15.0. The van der Waals surface area contributed by atoms with Crippen LogP contribution in [0.15, 0.2) is 41.6 Å². The lowest BCUT2D eigenvalue weighted by molar-refractivity contribution is -0.0477. The topological polar surface area (TPSA) is 109 Å². The number of imidazole rings is 1. The van der Waals surface area contributed by atoms with Crippen molar-refractivity contribution in [3.8, 4) is 0 Å². The SMILES string of the molecule is CCc1nc2ccc(Cl)cn2c1C(=O)NCc1ccc(N2CCN(S(=O)(=O)C(F)(F)F)C(OC)=N2)c(F)c1. The van der Waals surface area contributed by atoms with Gasteiger partial charge in [-0.3, -0.25) is 14.2 Å². The lowest BCUT2D eigenvalue weighted by atomic mass is 10.1. The summed E-state index contributed by atoms with van der Waals surface area (Å²) in [6.45, 7) is 0.766. The molecule has 4 rings (SSSR count). The molecule has 3 aromatic rings. The number of hydrazone groups is 1. The number of benzene rings is 1. The van der Waals surface area contributed by atoms with Gasteiger partial charge in [-0.25, -0.2) is 13.7 Å². The van der Waals surface area contributed by atoms with E-state index in [1.165, 1.54) is 12.1 Å². The zero-order valence-electron chi connectivity index (χ0n) is 20.0. The number of carbonyl (C=O) groups excluding carboxylic acids is 1. The van der Waals surface area contributed by atoms with Crippen LogP contribution in [0.4, 0.5) is 23.2 Å². The number of rotatable bonds is 6. The molecule has 0 fully saturated rings. The van der Waals surface area contributed by atoms with Crippen molar-refractivity contribution in [1.82, 2.24) is 19.0 Å². The number of anilines is 1. The minimum absolute atomic E-state index is 0.0246. The van der Waals surface area contributed by atoms with Crippen LogP contribution in [0.25, 0.3) is 5.65 Å². The Morgan fingerprint density at radius 2 is 1.95 bits per heavy atom. The van der Waals surface area contributed by atoms with Gasteiger partial charge in [0, 0.05) is 12.7 Å². The molecular formula is C22H21ClF4N6O4S. The molecule has 0 saturated carbocycles. The monoisotopic (exact) mass is 576 g/mol. The number of ether oxygens (including phenoxy) is 1. The van der Waals surface area contributed by atoms with Crippen molar-refractivity contribution in [1.29, 1.82) is 0 Å². The van der Waals surface area contributed by atoms with Crippen LogP contribution in [0.1, 0.15) is 28.7 Å². The van der Waals surface area contributed by atoms with Gasteiger partial charge >= 0.3 is 21.6 Å². The fourth-order valence-corrected chi connectivity index (χ4v) is 4.89. The van der Waals surface area contributed by atoms with E-state index in [-0.39, 0.29) is 23.1 Å². The number of aryl methyl sites for hydroxylation is 1. The lowest BCUT2D eigenvalue weighted by Gasteiger charge is -2.32. The van der Waals surface area contributed by atoms with Gasteiger partial charge in [0.1, 0.15) is 17.2 Å². The van der Waals surface area contributed by atoms with Crippen molar-refractivity contribution >= 4 is 44.9 Å². The fraction of sp³-hybridized carbons (Fsp3) is 0.318. The summed E-state index contributed by atoms with van der Waals surface area (Å²) >= 11 is 6.06. The molecule has 0 unspecified atom stereocenters. The molecule has 0 atom stereocenters. The van der Waals surface area contributed by atoms with E-state index in [1.807, 2.05) is 6.92 Å². The summed E-state index contributed by atoms with van der Waals surface area (Å²) < 4.78 is 83.6. The Morgan fingerprint density at radius 3 is 2.58 bits per heavy atom. The Bertz CT molecular complexity index is 1530. The Morgan fingerprint density at radius 1 is 1.21 bits per heavy atom. The van der Waals surface area contributed by atoms with Crippen molar-refractivity contribution < 1.29 is 35.5 Å². The summed E-state index contributed by atoms with van der Waals surface area (Å²) in [4.78, 5) is 17.4. The van der Waals surface area contributed by atoms with Gasteiger partial charge < -0.3 is 10.1 Å². The summed E-state index contributed by atoms with van der Waals surface area (Å²) in [6, 6.07) is 6.41. The summed E-state index contributed by atoms with van der Waals surface area (Å²) in [7, 11) is -4.79. The Hall–Kier alpha value is -3.59. The number of carbonyl (C=O) groups is 1. The molecule has 0 spiro atoms. The minimum atomic E-state index is -5.74. The first-order valence-electron chi connectivity index (χ1n) is 11.1. The molecule has 0 bridgehead atoms. The summed E-state index contributed by atoms with van der Waals surface area (Å²) in [5.74, 6) is -1.24. The number of hydrogen-bond acceptors (Lipinski definition) is 7. The molecule has 1 N–H and O–H groups in total. The predicted octanol–water partition coefficient (Wildman–Crippen LogP) is 3.51. The number of hydrogen-bond donors (Lipinski definition) is 1. The number of alkyl halides is 3. The zero-order chi connectivity index (χ0) is 27.8. The van der Waals surface area contributed by atoms with E-state index < -0.39 is 39.8 Å². The van der Waals surface area contributed by atoms with E-state index in [9.17, 15) is 30.8 Å². The molecule has 38 heavy (non-hydrogen) atoms. The van der Waals surface area contributed by atoms with Gasteiger partial charge in [0.25, 0.3) is 5.91 Å². The zero-order valence-corrected chi connectivity index (χ0v) is 21.5. The van der Waals surface area contributed by atoms with Gasteiger partial charge in [-0.15, -0.1) is 5.10 Å². The van der Waals surface area contributed by atoms with Crippen LogP contribution < -0.4 is 10.3 Å². The molecule has 1 aliphatic rings. The number of sulfonamides is 1. The third-order valence-electron chi connectivity index (χ3n) is 5.65. The smallest absolute Gasteiger partial charge is 0.467 e. The number of fused-ring (bicyclic) bond motifs is 1. The van der Waals surface area contributed by atoms with E-state index in [4.69, 9.17) is 16.3 Å². The molecule has 3 heterocycles. The predicted molar refractivity (Wildman–Crippen MR) is 131 cm³/mol. The molecular weight excluding hydrogens is 556 g/mol. The first-order chi connectivity index (χ1) is 17.9. The van der Waals surface area contributed by atoms with Crippen molar-refractivity contribution in [2.75, 3.05) is 25.2 Å². The molecule has 2 aromatic heterocycles. The number of pyridine rings is 1. The van der Waals surface area contributed by atoms with Crippen LogP contribution >= 0.6 is 11.6 Å². The highest BCUT2D eigenvalue weighted by atomic mass is 35.5. The van der Waals surface area contributed by atoms with Gasteiger partial charge in [0.15, 0.2) is 0 Å². The summed E-state index contributed by atoms with van der Waals surface area (Å²) in [6.07, 6.45) is 2.06. The molecule has 1 aromatic carbocycles. The molecule has 1 aliphatic heterocycles. The number of amidine groups is 1. The average Bonchev–Trinajstić information content (AvgIpc) is 3.24. The highest BCUT2D eigenvalue weighted by molar-refractivity contribution is 7.90. The number of aromatic nitrogens is 2. The normalized spacial score (nSPS) is 14.6. The van der Waals surface area contributed by atoms with Crippen molar-refractivity contribution in [3.63, 3.8) is 0 Å². The van der Waals surface area contributed by atoms with E-state index >= 15 is 0 Å². The fourth-order valence-electron chi connectivity index (χ4n) is 3.84. The standard InChI is InChI=1S/C22H21ClF4N6O4S/c1-3-16-19(31-12-14(23)5-7-18(31)29-16)20(34)28-11-13-4-6-17(15(24)10-13)32-8-9-33(21(30-32)37-2)38(35,36)22(25,26)27/h4-7,10,12H,3,8-9,11H2,1-2H3,(H,28,34). The first-order valence-corrected chi connectivity index (χ1v) is 12.9. The van der Waals surface area contributed by atoms with Crippen molar-refractivity contribution in [2.24, 2.45) is 5.10 Å². The third-order valence-corrected chi connectivity index (χ3v) is 7.38. The quantitative estimate of drug-likeness (QED) is 0.450. The van der Waals surface area contributed by atoms with Crippen LogP contribution in [0.3, 0.4) is 0 Å². The third kappa shape index (κ3) is 5.07. The average molecular weight is 577 g/mol. The molecule has 1 amide bonds. The van der Waals surface area contributed by atoms with Crippen LogP contribution in [0, 0.1) is 5.82 Å². The van der Waals surface area contributed by atoms with E-state index in [1.54, 1.807) is 22.7 Å². The number of amides is 1. The van der Waals surface area contributed by atoms with Crippen LogP contribution in [-0.4, -0.2) is 59.7 Å². The molecule has 0 radical (unpaired) electrons. The Kier molecular flexibility index (Phi) is 7.43. The second kappa shape index (κ2) is 10.3. The molecule has 10 nitrogen and oxygen atoms in total. The maximum Gasteiger partial charge on any atom is 0.516 e.